The van der Waals surface area contributed by atoms with E-state index in [0.717, 1.165) is 4.47 Å². The SMILES string of the molecule is Cc1cc([N+](=O)[O-])ccc1NC(=S)NC(=O)COc1ccc(Br)cc1Cl. The van der Waals surface area contributed by atoms with Crippen LogP contribution in [0.1, 0.15) is 5.56 Å². The van der Waals surface area contributed by atoms with Crippen molar-refractivity contribution in [3.63, 3.8) is 0 Å². The van der Waals surface area contributed by atoms with Gasteiger partial charge in [0.2, 0.25) is 0 Å². The molecule has 1 amide bonds. The lowest BCUT2D eigenvalue weighted by atomic mass is 10.2. The minimum Gasteiger partial charge on any atom is -0.482 e. The highest BCUT2D eigenvalue weighted by molar-refractivity contribution is 9.10. The summed E-state index contributed by atoms with van der Waals surface area (Å²) in [6.07, 6.45) is 0. The fourth-order valence-corrected chi connectivity index (χ4v) is 2.91. The monoisotopic (exact) mass is 457 g/mol. The number of halogens is 2. The highest BCUT2D eigenvalue weighted by Crippen LogP contribution is 2.27. The normalized spacial score (nSPS) is 10.1. The van der Waals surface area contributed by atoms with Crippen LogP contribution in [0.2, 0.25) is 5.02 Å². The third kappa shape index (κ3) is 5.65. The molecule has 7 nitrogen and oxygen atoms in total. The number of ether oxygens (including phenoxy) is 1. The van der Waals surface area contributed by atoms with E-state index >= 15 is 0 Å². The van der Waals surface area contributed by atoms with Gasteiger partial charge in [-0.1, -0.05) is 27.5 Å². The lowest BCUT2D eigenvalue weighted by Crippen LogP contribution is -2.37. The average Bonchev–Trinajstić information content (AvgIpc) is 2.55. The third-order valence-corrected chi connectivity index (χ3v) is 4.17. The molecule has 0 aliphatic heterocycles. The van der Waals surface area contributed by atoms with E-state index in [-0.39, 0.29) is 17.4 Å². The predicted molar refractivity (Wildman–Crippen MR) is 107 cm³/mol. The van der Waals surface area contributed by atoms with Crippen LogP contribution < -0.4 is 15.4 Å². The number of anilines is 1. The van der Waals surface area contributed by atoms with Crippen LogP contribution in [-0.2, 0) is 4.79 Å². The molecule has 2 aromatic rings. The van der Waals surface area contributed by atoms with Crippen LogP contribution in [0.3, 0.4) is 0 Å². The topological polar surface area (TPSA) is 93.5 Å². The zero-order chi connectivity index (χ0) is 19.3. The fraction of sp³-hybridized carbons (Fsp3) is 0.125. The van der Waals surface area contributed by atoms with Crippen molar-refractivity contribution in [2.24, 2.45) is 0 Å². The van der Waals surface area contributed by atoms with Gasteiger partial charge in [0.15, 0.2) is 11.7 Å². The average molecular weight is 459 g/mol. The second-order valence-electron chi connectivity index (χ2n) is 5.12. The number of aryl methyl sites for hydroxylation is 1. The van der Waals surface area contributed by atoms with E-state index in [0.29, 0.717) is 22.0 Å². The Balaban J connectivity index is 1.89. The first-order chi connectivity index (χ1) is 12.3. The molecule has 0 saturated carbocycles. The number of nitrogens with one attached hydrogen (secondary N) is 2. The van der Waals surface area contributed by atoms with Crippen molar-refractivity contribution in [1.82, 2.24) is 5.32 Å². The number of carbonyl (C=O) groups is 1. The first-order valence-electron chi connectivity index (χ1n) is 7.20. The van der Waals surface area contributed by atoms with Crippen LogP contribution in [0.4, 0.5) is 11.4 Å². The van der Waals surface area contributed by atoms with Gasteiger partial charge in [-0.15, -0.1) is 0 Å². The van der Waals surface area contributed by atoms with Gasteiger partial charge in [-0.3, -0.25) is 20.2 Å². The maximum atomic E-state index is 11.9. The molecule has 0 aliphatic carbocycles. The van der Waals surface area contributed by atoms with E-state index in [4.69, 9.17) is 28.6 Å². The Bertz CT molecular complexity index is 879. The molecule has 0 spiro atoms. The summed E-state index contributed by atoms with van der Waals surface area (Å²) in [6, 6.07) is 9.30. The minimum atomic E-state index is -0.485. The third-order valence-electron chi connectivity index (χ3n) is 3.17. The molecule has 136 valence electrons. The molecule has 2 aromatic carbocycles. The standard InChI is InChI=1S/C16H13BrClN3O4S/c1-9-6-11(21(23)24)3-4-13(9)19-16(26)20-15(22)8-25-14-5-2-10(17)7-12(14)18/h2-7H,8H2,1H3,(H2,19,20,22,26). The Morgan fingerprint density at radius 1 is 1.35 bits per heavy atom. The number of nitro groups is 1. The van der Waals surface area contributed by atoms with Crippen molar-refractivity contribution < 1.29 is 14.5 Å². The van der Waals surface area contributed by atoms with Gasteiger partial charge in [0.25, 0.3) is 11.6 Å². The van der Waals surface area contributed by atoms with E-state index in [1.54, 1.807) is 25.1 Å². The number of hydrogen-bond acceptors (Lipinski definition) is 5. The highest BCUT2D eigenvalue weighted by atomic mass is 79.9. The number of benzene rings is 2. The molecule has 0 saturated heterocycles. The fourth-order valence-electron chi connectivity index (χ4n) is 1.95. The highest BCUT2D eigenvalue weighted by Gasteiger charge is 2.11. The first-order valence-corrected chi connectivity index (χ1v) is 8.78. The van der Waals surface area contributed by atoms with Crippen LogP contribution >= 0.6 is 39.7 Å². The second-order valence-corrected chi connectivity index (χ2v) is 6.85. The number of hydrogen-bond donors (Lipinski definition) is 2. The molecule has 2 N–H and O–H groups in total. The van der Waals surface area contributed by atoms with E-state index in [1.165, 1.54) is 18.2 Å². The quantitative estimate of drug-likeness (QED) is 0.396. The first kappa shape index (κ1) is 20.1. The van der Waals surface area contributed by atoms with Gasteiger partial charge < -0.3 is 10.1 Å². The predicted octanol–water partition coefficient (Wildman–Crippen LogP) is 4.21. The summed E-state index contributed by atoms with van der Waals surface area (Å²) in [6.45, 7) is 1.42. The van der Waals surface area contributed by atoms with Gasteiger partial charge in [-0.25, -0.2) is 0 Å². The maximum Gasteiger partial charge on any atom is 0.269 e. The molecule has 10 heteroatoms. The Hall–Kier alpha value is -2.23. The molecular formula is C16H13BrClN3O4S. The summed E-state index contributed by atoms with van der Waals surface area (Å²) < 4.78 is 6.14. The van der Waals surface area contributed by atoms with E-state index in [1.807, 2.05) is 0 Å². The van der Waals surface area contributed by atoms with Gasteiger partial charge in [-0.05, 0) is 49.0 Å². The van der Waals surface area contributed by atoms with Gasteiger partial charge in [0.05, 0.1) is 9.95 Å². The lowest BCUT2D eigenvalue weighted by Gasteiger charge is -2.12. The number of nitrogens with zero attached hydrogens (tertiary/aromatic N) is 1. The summed E-state index contributed by atoms with van der Waals surface area (Å²) in [5.74, 6) is -0.101. The van der Waals surface area contributed by atoms with Gasteiger partial charge in [0, 0.05) is 22.3 Å². The Labute approximate surface area is 168 Å². The van der Waals surface area contributed by atoms with Crippen LogP contribution in [0.5, 0.6) is 5.75 Å². The summed E-state index contributed by atoms with van der Waals surface area (Å²) in [7, 11) is 0. The number of carbonyl (C=O) groups excluding carboxylic acids is 1. The maximum absolute atomic E-state index is 11.9. The molecule has 0 unspecified atom stereocenters. The zero-order valence-corrected chi connectivity index (χ0v) is 16.6. The Morgan fingerprint density at radius 3 is 2.69 bits per heavy atom. The van der Waals surface area contributed by atoms with Crippen molar-refractivity contribution in [1.29, 1.82) is 0 Å². The van der Waals surface area contributed by atoms with Crippen molar-refractivity contribution in [2.45, 2.75) is 6.92 Å². The molecule has 0 atom stereocenters. The molecular weight excluding hydrogens is 446 g/mol. The zero-order valence-electron chi connectivity index (χ0n) is 13.4. The van der Waals surface area contributed by atoms with Gasteiger partial charge >= 0.3 is 0 Å². The summed E-state index contributed by atoms with van der Waals surface area (Å²) in [5, 5.41) is 16.4. The number of non-ortho nitro benzene ring substituents is 1. The van der Waals surface area contributed by atoms with Crippen LogP contribution in [0.15, 0.2) is 40.9 Å². The summed E-state index contributed by atoms with van der Waals surface area (Å²) >= 11 is 14.3. The Morgan fingerprint density at radius 2 is 2.08 bits per heavy atom. The van der Waals surface area contributed by atoms with Crippen molar-refractivity contribution >= 4 is 62.1 Å². The van der Waals surface area contributed by atoms with E-state index < -0.39 is 10.8 Å². The Kier molecular flexibility index (Phi) is 6.90. The molecule has 2 rings (SSSR count). The number of rotatable bonds is 5. The molecule has 26 heavy (non-hydrogen) atoms. The van der Waals surface area contributed by atoms with Crippen molar-refractivity contribution in [2.75, 3.05) is 11.9 Å². The number of amides is 1. The van der Waals surface area contributed by atoms with E-state index in [2.05, 4.69) is 26.6 Å². The molecule has 0 aromatic heterocycles. The van der Waals surface area contributed by atoms with Gasteiger partial charge in [0.1, 0.15) is 5.75 Å². The molecule has 0 bridgehead atoms. The van der Waals surface area contributed by atoms with Crippen LogP contribution in [0.25, 0.3) is 0 Å². The minimum absolute atomic E-state index is 0.0252. The number of nitro benzene ring substituents is 1. The van der Waals surface area contributed by atoms with E-state index in [9.17, 15) is 14.9 Å². The summed E-state index contributed by atoms with van der Waals surface area (Å²) in [4.78, 5) is 22.2. The molecule has 0 radical (unpaired) electrons. The van der Waals surface area contributed by atoms with Crippen molar-refractivity contribution in [3.05, 3.63) is 61.6 Å². The van der Waals surface area contributed by atoms with Crippen molar-refractivity contribution in [3.8, 4) is 5.75 Å². The molecule has 0 aliphatic rings. The lowest BCUT2D eigenvalue weighted by molar-refractivity contribution is -0.384. The summed E-state index contributed by atoms with van der Waals surface area (Å²) in [5.41, 5.74) is 1.15. The second kappa shape index (κ2) is 8.93. The van der Waals surface area contributed by atoms with Gasteiger partial charge in [-0.2, -0.15) is 0 Å². The largest absolute Gasteiger partial charge is 0.482 e. The molecule has 0 fully saturated rings. The van der Waals surface area contributed by atoms with Crippen LogP contribution in [0, 0.1) is 17.0 Å². The smallest absolute Gasteiger partial charge is 0.269 e. The number of thiocarbonyl (C=S) groups is 1. The van der Waals surface area contributed by atoms with Crippen LogP contribution in [-0.4, -0.2) is 22.5 Å². The molecule has 0 heterocycles.